The molecule has 32 heavy (non-hydrogen) atoms. The Labute approximate surface area is 191 Å². The molecule has 0 radical (unpaired) electrons. The van der Waals surface area contributed by atoms with Gasteiger partial charge in [-0.3, -0.25) is 9.48 Å². The van der Waals surface area contributed by atoms with E-state index in [0.717, 1.165) is 21.5 Å². The van der Waals surface area contributed by atoms with Gasteiger partial charge in [-0.1, -0.05) is 30.3 Å². The van der Waals surface area contributed by atoms with E-state index >= 15 is 0 Å². The molecule has 0 unspecified atom stereocenters. The van der Waals surface area contributed by atoms with Gasteiger partial charge in [-0.05, 0) is 56.7 Å². The van der Waals surface area contributed by atoms with Crippen molar-refractivity contribution in [2.75, 3.05) is 5.32 Å². The molecule has 0 aliphatic heterocycles. The number of rotatable bonds is 7. The highest BCUT2D eigenvalue weighted by atomic mass is 32.2. The van der Waals surface area contributed by atoms with Gasteiger partial charge < -0.3 is 5.32 Å². The number of hydrogen-bond donors (Lipinski definition) is 2. The molecule has 2 N–H and O–H groups in total. The number of fused-ring (bicyclic) bond motifs is 1. The van der Waals surface area contributed by atoms with Crippen LogP contribution in [0.3, 0.4) is 0 Å². The highest BCUT2D eigenvalue weighted by molar-refractivity contribution is 7.89. The number of benzene rings is 2. The van der Waals surface area contributed by atoms with E-state index in [2.05, 4.69) is 15.1 Å². The first-order valence-corrected chi connectivity index (χ1v) is 12.5. The van der Waals surface area contributed by atoms with E-state index in [1.807, 2.05) is 48.0 Å². The normalized spacial score (nSPS) is 11.9. The first-order chi connectivity index (χ1) is 15.2. The molecule has 0 saturated heterocycles. The van der Waals surface area contributed by atoms with Crippen LogP contribution in [0.15, 0.2) is 65.6 Å². The van der Waals surface area contributed by atoms with Gasteiger partial charge in [-0.2, -0.15) is 5.10 Å². The number of carbonyl (C=O) groups excluding carboxylic acids is 1. The van der Waals surface area contributed by atoms with Gasteiger partial charge >= 0.3 is 0 Å². The highest BCUT2D eigenvalue weighted by Gasteiger charge is 2.18. The number of aromatic nitrogens is 2. The van der Waals surface area contributed by atoms with E-state index in [1.54, 1.807) is 26.0 Å². The largest absolute Gasteiger partial charge is 0.321 e. The third-order valence-electron chi connectivity index (χ3n) is 4.82. The summed E-state index contributed by atoms with van der Waals surface area (Å²) in [4.78, 5) is 14.5. The van der Waals surface area contributed by atoms with Gasteiger partial charge in [0.25, 0.3) is 5.91 Å². The number of nitrogens with zero attached hydrogens (tertiary/aromatic N) is 2. The van der Waals surface area contributed by atoms with E-state index < -0.39 is 10.0 Å². The van der Waals surface area contributed by atoms with Gasteiger partial charge in [0, 0.05) is 17.1 Å². The zero-order valence-electron chi connectivity index (χ0n) is 18.0. The Kier molecular flexibility index (Phi) is 6.14. The quantitative estimate of drug-likeness (QED) is 0.421. The SMILES string of the molecule is Cc1nn(Cc2ccccc2)c2sc(C(=O)Nc3ccc(S(=O)(=O)NC(C)C)cc3)cc12. The molecule has 0 bridgehead atoms. The number of hydrogen-bond acceptors (Lipinski definition) is 5. The van der Waals surface area contributed by atoms with E-state index in [0.29, 0.717) is 17.1 Å². The minimum atomic E-state index is -3.57. The van der Waals surface area contributed by atoms with Crippen molar-refractivity contribution in [2.24, 2.45) is 0 Å². The zero-order valence-corrected chi connectivity index (χ0v) is 19.6. The van der Waals surface area contributed by atoms with Gasteiger partial charge in [0.05, 0.1) is 22.0 Å². The third-order valence-corrected chi connectivity index (χ3v) is 7.64. The first-order valence-electron chi connectivity index (χ1n) is 10.2. The van der Waals surface area contributed by atoms with Crippen molar-refractivity contribution in [1.29, 1.82) is 0 Å². The van der Waals surface area contributed by atoms with Crippen molar-refractivity contribution in [3.63, 3.8) is 0 Å². The van der Waals surface area contributed by atoms with E-state index in [-0.39, 0.29) is 16.8 Å². The molecule has 4 rings (SSSR count). The molecule has 9 heteroatoms. The predicted octanol–water partition coefficient (Wildman–Crippen LogP) is 4.39. The Morgan fingerprint density at radius 1 is 1.09 bits per heavy atom. The second kappa shape index (κ2) is 8.85. The summed E-state index contributed by atoms with van der Waals surface area (Å²) in [5.41, 5.74) is 2.54. The molecule has 0 atom stereocenters. The summed E-state index contributed by atoms with van der Waals surface area (Å²) in [5.74, 6) is -0.243. The summed E-state index contributed by atoms with van der Waals surface area (Å²) in [6, 6.07) is 17.8. The predicted molar refractivity (Wildman–Crippen MR) is 128 cm³/mol. The van der Waals surface area contributed by atoms with Gasteiger partial charge in [-0.15, -0.1) is 11.3 Å². The van der Waals surface area contributed by atoms with Crippen LogP contribution in [-0.2, 0) is 16.6 Å². The van der Waals surface area contributed by atoms with Crippen molar-refractivity contribution in [3.8, 4) is 0 Å². The molecular weight excluding hydrogens is 444 g/mol. The molecule has 4 aromatic rings. The van der Waals surface area contributed by atoms with Crippen LogP contribution >= 0.6 is 11.3 Å². The summed E-state index contributed by atoms with van der Waals surface area (Å²) in [5, 5.41) is 8.41. The lowest BCUT2D eigenvalue weighted by molar-refractivity contribution is 0.103. The second-order valence-corrected chi connectivity index (χ2v) is 10.6. The summed E-state index contributed by atoms with van der Waals surface area (Å²) in [6.07, 6.45) is 0. The van der Waals surface area contributed by atoms with Crippen LogP contribution in [0.2, 0.25) is 0 Å². The molecule has 0 saturated carbocycles. The maximum absolute atomic E-state index is 12.8. The van der Waals surface area contributed by atoms with Crippen molar-refractivity contribution in [1.82, 2.24) is 14.5 Å². The molecule has 2 aromatic heterocycles. The van der Waals surface area contributed by atoms with Crippen molar-refractivity contribution in [3.05, 3.63) is 76.8 Å². The molecule has 7 nitrogen and oxygen atoms in total. The topological polar surface area (TPSA) is 93.1 Å². The lowest BCUT2D eigenvalue weighted by Crippen LogP contribution is -2.30. The Morgan fingerprint density at radius 2 is 1.78 bits per heavy atom. The Balaban J connectivity index is 1.52. The highest BCUT2D eigenvalue weighted by Crippen LogP contribution is 2.29. The first kappa shape index (κ1) is 22.2. The molecule has 2 heterocycles. The summed E-state index contributed by atoms with van der Waals surface area (Å²) >= 11 is 1.39. The van der Waals surface area contributed by atoms with Crippen molar-refractivity contribution >= 4 is 43.2 Å². The molecule has 1 amide bonds. The molecular formula is C23H24N4O3S2. The molecule has 0 spiro atoms. The second-order valence-electron chi connectivity index (χ2n) is 7.81. The van der Waals surface area contributed by atoms with E-state index in [4.69, 9.17) is 0 Å². The number of nitrogens with one attached hydrogen (secondary N) is 2. The fourth-order valence-electron chi connectivity index (χ4n) is 3.38. The van der Waals surface area contributed by atoms with Crippen molar-refractivity contribution in [2.45, 2.75) is 38.3 Å². The van der Waals surface area contributed by atoms with Crippen LogP contribution in [0.4, 0.5) is 5.69 Å². The van der Waals surface area contributed by atoms with Crippen LogP contribution in [0, 0.1) is 6.92 Å². The minimum Gasteiger partial charge on any atom is -0.321 e. The Morgan fingerprint density at radius 3 is 2.44 bits per heavy atom. The Hall–Kier alpha value is -3.01. The smallest absolute Gasteiger partial charge is 0.265 e. The molecule has 166 valence electrons. The third kappa shape index (κ3) is 4.74. The van der Waals surface area contributed by atoms with Gasteiger partial charge in [-0.25, -0.2) is 13.1 Å². The Bertz CT molecular complexity index is 1360. The number of carbonyl (C=O) groups is 1. The molecule has 0 aliphatic carbocycles. The van der Waals surface area contributed by atoms with Gasteiger partial charge in [0.2, 0.25) is 10.0 Å². The lowest BCUT2D eigenvalue weighted by atomic mass is 10.2. The standard InChI is InChI=1S/C23H24N4O3S2/c1-15(2)26-32(29,30)19-11-9-18(10-12-19)24-22(28)21-13-20-16(3)25-27(23(20)31-21)14-17-7-5-4-6-8-17/h4-13,15,26H,14H2,1-3H3,(H,24,28). The summed E-state index contributed by atoms with van der Waals surface area (Å²) < 4.78 is 29.0. The number of anilines is 1. The number of aryl methyl sites for hydroxylation is 1. The molecule has 2 aromatic carbocycles. The maximum atomic E-state index is 12.8. The molecule has 0 fully saturated rings. The minimum absolute atomic E-state index is 0.155. The average molecular weight is 469 g/mol. The number of thiophene rings is 1. The lowest BCUT2D eigenvalue weighted by Gasteiger charge is -2.10. The monoisotopic (exact) mass is 468 g/mol. The fraction of sp³-hybridized carbons (Fsp3) is 0.217. The van der Waals surface area contributed by atoms with Crippen molar-refractivity contribution < 1.29 is 13.2 Å². The number of amides is 1. The maximum Gasteiger partial charge on any atom is 0.265 e. The number of sulfonamides is 1. The van der Waals surface area contributed by atoms with Gasteiger partial charge in [0.15, 0.2) is 0 Å². The molecule has 0 aliphatic rings. The summed E-state index contributed by atoms with van der Waals surface area (Å²) in [6.45, 7) is 6.09. The van der Waals surface area contributed by atoms with Crippen LogP contribution in [-0.4, -0.2) is 30.1 Å². The fourth-order valence-corrected chi connectivity index (χ4v) is 5.68. The van der Waals surface area contributed by atoms with E-state index in [9.17, 15) is 13.2 Å². The average Bonchev–Trinajstić information content (AvgIpc) is 3.30. The van der Waals surface area contributed by atoms with Crippen LogP contribution in [0.5, 0.6) is 0 Å². The zero-order chi connectivity index (χ0) is 22.9. The van der Waals surface area contributed by atoms with Gasteiger partial charge in [0.1, 0.15) is 4.83 Å². The van der Waals surface area contributed by atoms with E-state index in [1.165, 1.54) is 23.5 Å². The summed E-state index contributed by atoms with van der Waals surface area (Å²) in [7, 11) is -3.57. The van der Waals surface area contributed by atoms with Crippen LogP contribution < -0.4 is 10.0 Å². The van der Waals surface area contributed by atoms with Crippen LogP contribution in [0.25, 0.3) is 10.2 Å². The van der Waals surface area contributed by atoms with Crippen LogP contribution in [0.1, 0.15) is 34.8 Å².